The van der Waals surface area contributed by atoms with E-state index in [0.29, 0.717) is 6.04 Å². The lowest BCUT2D eigenvalue weighted by Gasteiger charge is -2.18. The van der Waals surface area contributed by atoms with Gasteiger partial charge >= 0.3 is 0 Å². The van der Waals surface area contributed by atoms with E-state index in [1.807, 2.05) is 24.8 Å². The molecule has 0 aliphatic carbocycles. The molecule has 1 N–H and O–H groups in total. The molecular formula is C14H23NOS. The molecular weight excluding hydrogens is 230 g/mol. The van der Waals surface area contributed by atoms with E-state index in [9.17, 15) is 0 Å². The van der Waals surface area contributed by atoms with Gasteiger partial charge in [0.15, 0.2) is 0 Å². The largest absolute Gasteiger partial charge is 0.494 e. The van der Waals surface area contributed by atoms with Crippen LogP contribution < -0.4 is 10.1 Å². The lowest BCUT2D eigenvalue weighted by Crippen LogP contribution is -2.21. The van der Waals surface area contributed by atoms with E-state index < -0.39 is 0 Å². The highest BCUT2D eigenvalue weighted by atomic mass is 32.2. The number of rotatable bonds is 8. The summed E-state index contributed by atoms with van der Waals surface area (Å²) in [5, 5.41) is 3.53. The van der Waals surface area contributed by atoms with Crippen molar-refractivity contribution >= 4 is 11.8 Å². The van der Waals surface area contributed by atoms with Crippen LogP contribution in [0.3, 0.4) is 0 Å². The van der Waals surface area contributed by atoms with Gasteiger partial charge in [-0.15, -0.1) is 0 Å². The van der Waals surface area contributed by atoms with Crippen LogP contribution in [0.25, 0.3) is 0 Å². The standard InChI is InChI=1S/C14H23NOS/c1-4-15-14(9-10-17-3)12-7-6-8-13(11-12)16-5-2/h6-8,11,14-15H,4-5,9-10H2,1-3H3. The smallest absolute Gasteiger partial charge is 0.119 e. The van der Waals surface area contributed by atoms with Gasteiger partial charge in [-0.25, -0.2) is 0 Å². The molecule has 0 bridgehead atoms. The van der Waals surface area contributed by atoms with Crippen LogP contribution in [-0.2, 0) is 0 Å². The molecule has 0 amide bonds. The summed E-state index contributed by atoms with van der Waals surface area (Å²) in [6, 6.07) is 8.86. The van der Waals surface area contributed by atoms with Crippen molar-refractivity contribution in [2.24, 2.45) is 0 Å². The fourth-order valence-corrected chi connectivity index (χ4v) is 2.33. The molecule has 0 saturated carbocycles. The Kier molecular flexibility index (Phi) is 7.13. The molecule has 1 unspecified atom stereocenters. The zero-order valence-corrected chi connectivity index (χ0v) is 11.8. The molecule has 0 radical (unpaired) electrons. The van der Waals surface area contributed by atoms with Gasteiger partial charge in [0.05, 0.1) is 6.61 Å². The minimum Gasteiger partial charge on any atom is -0.494 e. The molecule has 3 heteroatoms. The van der Waals surface area contributed by atoms with Gasteiger partial charge in [-0.1, -0.05) is 19.1 Å². The molecule has 0 spiro atoms. The maximum atomic E-state index is 5.55. The molecule has 2 nitrogen and oxygen atoms in total. The van der Waals surface area contributed by atoms with Crippen LogP contribution in [0.5, 0.6) is 5.75 Å². The predicted octanol–water partition coefficient (Wildman–Crippen LogP) is 3.49. The summed E-state index contributed by atoms with van der Waals surface area (Å²) in [5.41, 5.74) is 1.33. The zero-order valence-electron chi connectivity index (χ0n) is 11.0. The topological polar surface area (TPSA) is 21.3 Å². The van der Waals surface area contributed by atoms with Gasteiger partial charge in [0.2, 0.25) is 0 Å². The van der Waals surface area contributed by atoms with Crippen molar-refractivity contribution < 1.29 is 4.74 Å². The lowest BCUT2D eigenvalue weighted by molar-refractivity contribution is 0.339. The van der Waals surface area contributed by atoms with E-state index in [4.69, 9.17) is 4.74 Å². The number of hydrogen-bond acceptors (Lipinski definition) is 3. The van der Waals surface area contributed by atoms with Crippen molar-refractivity contribution in [1.82, 2.24) is 5.32 Å². The number of benzene rings is 1. The monoisotopic (exact) mass is 253 g/mol. The van der Waals surface area contributed by atoms with Gasteiger partial charge in [0, 0.05) is 6.04 Å². The average molecular weight is 253 g/mol. The van der Waals surface area contributed by atoms with E-state index in [1.165, 1.54) is 11.3 Å². The molecule has 96 valence electrons. The Morgan fingerprint density at radius 2 is 2.18 bits per heavy atom. The molecule has 1 aromatic carbocycles. The summed E-state index contributed by atoms with van der Waals surface area (Å²) < 4.78 is 5.55. The number of nitrogens with one attached hydrogen (secondary N) is 1. The van der Waals surface area contributed by atoms with Gasteiger partial charge < -0.3 is 10.1 Å². The first kappa shape index (κ1) is 14.4. The van der Waals surface area contributed by atoms with Crippen molar-refractivity contribution in [2.75, 3.05) is 25.2 Å². The summed E-state index contributed by atoms with van der Waals surface area (Å²) in [5.74, 6) is 2.15. The summed E-state index contributed by atoms with van der Waals surface area (Å²) >= 11 is 1.89. The highest BCUT2D eigenvalue weighted by Crippen LogP contribution is 2.22. The molecule has 0 heterocycles. The van der Waals surface area contributed by atoms with Crippen LogP contribution in [0.4, 0.5) is 0 Å². The molecule has 0 aliphatic heterocycles. The van der Waals surface area contributed by atoms with Crippen molar-refractivity contribution in [2.45, 2.75) is 26.3 Å². The maximum Gasteiger partial charge on any atom is 0.119 e. The normalized spacial score (nSPS) is 12.4. The Labute approximate surface area is 109 Å². The van der Waals surface area contributed by atoms with Crippen molar-refractivity contribution in [3.05, 3.63) is 29.8 Å². The molecule has 1 aromatic rings. The van der Waals surface area contributed by atoms with Crippen LogP contribution in [0, 0.1) is 0 Å². The quantitative estimate of drug-likeness (QED) is 0.766. The molecule has 0 saturated heterocycles. The number of hydrogen-bond donors (Lipinski definition) is 1. The molecule has 0 fully saturated rings. The molecule has 1 rings (SSSR count). The Morgan fingerprint density at radius 1 is 1.35 bits per heavy atom. The Balaban J connectivity index is 2.73. The summed E-state index contributed by atoms with van der Waals surface area (Å²) in [4.78, 5) is 0. The third-order valence-corrected chi connectivity index (χ3v) is 3.28. The van der Waals surface area contributed by atoms with Gasteiger partial charge in [-0.3, -0.25) is 0 Å². The Morgan fingerprint density at radius 3 is 2.82 bits per heavy atom. The Bertz CT molecular complexity index is 317. The molecule has 0 aliphatic rings. The second-order valence-corrected chi connectivity index (χ2v) is 4.88. The maximum absolute atomic E-state index is 5.55. The first-order valence-electron chi connectivity index (χ1n) is 6.26. The summed E-state index contributed by atoms with van der Waals surface area (Å²) in [6.45, 7) is 5.89. The summed E-state index contributed by atoms with van der Waals surface area (Å²) in [6.07, 6.45) is 3.31. The van der Waals surface area contributed by atoms with E-state index in [0.717, 1.165) is 25.3 Å². The third kappa shape index (κ3) is 5.00. The van der Waals surface area contributed by atoms with Crippen LogP contribution in [-0.4, -0.2) is 25.2 Å². The van der Waals surface area contributed by atoms with Gasteiger partial charge in [0.25, 0.3) is 0 Å². The van der Waals surface area contributed by atoms with E-state index >= 15 is 0 Å². The van der Waals surface area contributed by atoms with Crippen LogP contribution >= 0.6 is 11.8 Å². The third-order valence-electron chi connectivity index (χ3n) is 2.63. The fourth-order valence-electron chi connectivity index (χ4n) is 1.86. The van der Waals surface area contributed by atoms with Crippen molar-refractivity contribution in [3.8, 4) is 5.75 Å². The second kappa shape index (κ2) is 8.43. The van der Waals surface area contributed by atoms with E-state index in [-0.39, 0.29) is 0 Å². The zero-order chi connectivity index (χ0) is 12.5. The van der Waals surface area contributed by atoms with Gasteiger partial charge in [-0.2, -0.15) is 11.8 Å². The van der Waals surface area contributed by atoms with Crippen LogP contribution in [0.15, 0.2) is 24.3 Å². The second-order valence-electron chi connectivity index (χ2n) is 3.90. The minimum atomic E-state index is 0.438. The highest BCUT2D eigenvalue weighted by molar-refractivity contribution is 7.98. The fraction of sp³-hybridized carbons (Fsp3) is 0.571. The lowest BCUT2D eigenvalue weighted by atomic mass is 10.0. The average Bonchev–Trinajstić information content (AvgIpc) is 2.35. The van der Waals surface area contributed by atoms with E-state index in [2.05, 4.69) is 36.7 Å². The minimum absolute atomic E-state index is 0.438. The van der Waals surface area contributed by atoms with E-state index in [1.54, 1.807) is 0 Å². The first-order valence-corrected chi connectivity index (χ1v) is 7.66. The Hall–Kier alpha value is -0.670. The van der Waals surface area contributed by atoms with Gasteiger partial charge in [-0.05, 0) is 49.6 Å². The molecule has 17 heavy (non-hydrogen) atoms. The first-order chi connectivity index (χ1) is 8.31. The highest BCUT2D eigenvalue weighted by Gasteiger charge is 2.10. The van der Waals surface area contributed by atoms with Crippen molar-refractivity contribution in [3.63, 3.8) is 0 Å². The number of ether oxygens (including phenoxy) is 1. The summed E-state index contributed by atoms with van der Waals surface area (Å²) in [7, 11) is 0. The predicted molar refractivity (Wildman–Crippen MR) is 77.0 cm³/mol. The van der Waals surface area contributed by atoms with Crippen LogP contribution in [0.2, 0.25) is 0 Å². The molecule has 1 atom stereocenters. The van der Waals surface area contributed by atoms with Crippen LogP contribution in [0.1, 0.15) is 31.9 Å². The molecule has 0 aromatic heterocycles. The SMILES string of the molecule is CCNC(CCSC)c1cccc(OCC)c1. The van der Waals surface area contributed by atoms with Crippen molar-refractivity contribution in [1.29, 1.82) is 0 Å². The number of thioether (sulfide) groups is 1. The van der Waals surface area contributed by atoms with Gasteiger partial charge in [0.1, 0.15) is 5.75 Å².